The van der Waals surface area contributed by atoms with E-state index in [4.69, 9.17) is 4.98 Å². The van der Waals surface area contributed by atoms with Gasteiger partial charge in [-0.15, -0.1) is 0 Å². The quantitative estimate of drug-likeness (QED) is 0.224. The number of hydrogen-bond acceptors (Lipinski definition) is 7. The van der Waals surface area contributed by atoms with Gasteiger partial charge in [-0.3, -0.25) is 9.59 Å². The number of nitrogens with one attached hydrogen (secondary N) is 4. The number of H-pyrrole nitrogens is 1. The fraction of sp³-hybridized carbons (Fsp3) is 0.310. The SMILES string of the molecule is CC(=O)NCCNc1nc(-c2ccccc2)nc2[nH]c(C(=O)N3CCC(NS(=O)(=O)c4ccc(C)cc4)CC3)cc12. The van der Waals surface area contributed by atoms with Crippen LogP contribution in [0.15, 0.2) is 65.6 Å². The molecule has 41 heavy (non-hydrogen) atoms. The number of fused-ring (bicyclic) bond motifs is 1. The molecule has 1 fully saturated rings. The van der Waals surface area contributed by atoms with E-state index < -0.39 is 10.0 Å². The van der Waals surface area contributed by atoms with E-state index in [2.05, 4.69) is 25.3 Å². The van der Waals surface area contributed by atoms with Gasteiger partial charge in [-0.1, -0.05) is 48.0 Å². The number of nitrogens with zero attached hydrogens (tertiary/aromatic N) is 3. The van der Waals surface area contributed by atoms with Gasteiger partial charge in [-0.2, -0.15) is 0 Å². The highest BCUT2D eigenvalue weighted by Gasteiger charge is 2.28. The normalized spacial score (nSPS) is 14.2. The topological polar surface area (TPSA) is 149 Å². The number of carbonyl (C=O) groups excluding carboxylic acids is 2. The second-order valence-corrected chi connectivity index (χ2v) is 11.8. The second kappa shape index (κ2) is 12.1. The molecular formula is C29H33N7O4S. The first kappa shape index (κ1) is 28.2. The van der Waals surface area contributed by atoms with Gasteiger partial charge in [0.1, 0.15) is 17.2 Å². The third kappa shape index (κ3) is 6.72. The largest absolute Gasteiger partial charge is 0.368 e. The lowest BCUT2D eigenvalue weighted by molar-refractivity contribution is -0.118. The first-order valence-corrected chi connectivity index (χ1v) is 15.0. The molecule has 5 rings (SSSR count). The van der Waals surface area contributed by atoms with E-state index in [0.29, 0.717) is 67.4 Å². The molecule has 3 heterocycles. The number of sulfonamides is 1. The highest BCUT2D eigenvalue weighted by Crippen LogP contribution is 2.27. The van der Waals surface area contributed by atoms with Gasteiger partial charge in [0, 0.05) is 44.7 Å². The van der Waals surface area contributed by atoms with Gasteiger partial charge in [0.05, 0.1) is 10.3 Å². The third-order valence-electron chi connectivity index (χ3n) is 6.98. The summed E-state index contributed by atoms with van der Waals surface area (Å²) in [6.07, 6.45) is 1.01. The molecule has 0 radical (unpaired) electrons. The maximum Gasteiger partial charge on any atom is 0.270 e. The van der Waals surface area contributed by atoms with Crippen LogP contribution in [0, 0.1) is 6.92 Å². The van der Waals surface area contributed by atoms with Crippen LogP contribution in [0.2, 0.25) is 0 Å². The number of aromatic nitrogens is 3. The first-order valence-electron chi connectivity index (χ1n) is 13.5. The summed E-state index contributed by atoms with van der Waals surface area (Å²) in [5.74, 6) is 0.750. The number of rotatable bonds is 9. The monoisotopic (exact) mass is 575 g/mol. The van der Waals surface area contributed by atoms with Crippen LogP contribution in [0.4, 0.5) is 5.82 Å². The summed E-state index contributed by atoms with van der Waals surface area (Å²) >= 11 is 0. The van der Waals surface area contributed by atoms with Crippen LogP contribution in [0.1, 0.15) is 35.8 Å². The van der Waals surface area contributed by atoms with Crippen molar-refractivity contribution in [3.8, 4) is 11.4 Å². The Morgan fingerprint density at radius 2 is 1.71 bits per heavy atom. The summed E-state index contributed by atoms with van der Waals surface area (Å²) in [7, 11) is -3.64. The van der Waals surface area contributed by atoms with Gasteiger partial charge < -0.3 is 20.5 Å². The average Bonchev–Trinajstić information content (AvgIpc) is 3.40. The lowest BCUT2D eigenvalue weighted by Crippen LogP contribution is -2.46. The molecule has 0 aliphatic carbocycles. The maximum absolute atomic E-state index is 13.5. The van der Waals surface area contributed by atoms with Crippen LogP contribution in [0.25, 0.3) is 22.4 Å². The standard InChI is InChI=1S/C29H33N7O4S/c1-19-8-10-23(11-9-19)41(39,40)35-22-12-16-36(17-13-22)29(38)25-18-24-27(31-15-14-30-20(2)37)33-26(34-28(24)32-25)21-6-4-3-5-7-21/h3-11,18,22,35H,12-17H2,1-2H3,(H,30,37)(H2,31,32,33,34). The Kier molecular flexibility index (Phi) is 8.31. The summed E-state index contributed by atoms with van der Waals surface area (Å²) < 4.78 is 28.4. The zero-order chi connectivity index (χ0) is 29.0. The highest BCUT2D eigenvalue weighted by molar-refractivity contribution is 7.89. The van der Waals surface area contributed by atoms with Crippen molar-refractivity contribution in [2.45, 2.75) is 37.6 Å². The molecule has 0 unspecified atom stereocenters. The van der Waals surface area contributed by atoms with E-state index in [0.717, 1.165) is 11.1 Å². The molecule has 0 saturated carbocycles. The molecule has 1 aliphatic rings. The lowest BCUT2D eigenvalue weighted by Gasteiger charge is -2.32. The Bertz CT molecular complexity index is 1650. The number of aromatic amines is 1. The maximum atomic E-state index is 13.5. The molecule has 4 aromatic rings. The summed E-state index contributed by atoms with van der Waals surface area (Å²) in [6, 6.07) is 17.8. The Labute approximate surface area is 238 Å². The molecule has 214 valence electrons. The number of hydrogen-bond donors (Lipinski definition) is 4. The molecule has 1 saturated heterocycles. The predicted octanol–water partition coefficient (Wildman–Crippen LogP) is 3.06. The summed E-state index contributed by atoms with van der Waals surface area (Å²) in [5.41, 5.74) is 2.72. The zero-order valence-electron chi connectivity index (χ0n) is 23.0. The van der Waals surface area contributed by atoms with Crippen LogP contribution in [-0.4, -0.2) is 72.3 Å². The number of amides is 2. The number of likely N-dealkylation sites (tertiary alicyclic amines) is 1. The molecule has 2 aromatic carbocycles. The Hall–Kier alpha value is -4.29. The van der Waals surface area contributed by atoms with Gasteiger partial charge in [0.15, 0.2) is 5.82 Å². The highest BCUT2D eigenvalue weighted by atomic mass is 32.2. The van der Waals surface area contributed by atoms with Gasteiger partial charge in [-0.05, 0) is 38.0 Å². The van der Waals surface area contributed by atoms with Crippen molar-refractivity contribution in [3.05, 3.63) is 71.9 Å². The number of carbonyl (C=O) groups is 2. The van der Waals surface area contributed by atoms with Crippen molar-refractivity contribution >= 4 is 38.7 Å². The van der Waals surface area contributed by atoms with E-state index in [1.807, 2.05) is 37.3 Å². The fourth-order valence-electron chi connectivity index (χ4n) is 4.77. The van der Waals surface area contributed by atoms with Crippen molar-refractivity contribution in [2.24, 2.45) is 0 Å². The van der Waals surface area contributed by atoms with Gasteiger partial charge in [0.2, 0.25) is 15.9 Å². The predicted molar refractivity (Wildman–Crippen MR) is 157 cm³/mol. The van der Waals surface area contributed by atoms with Crippen LogP contribution in [0.3, 0.4) is 0 Å². The van der Waals surface area contributed by atoms with Crippen LogP contribution in [0.5, 0.6) is 0 Å². The molecule has 12 heteroatoms. The molecule has 4 N–H and O–H groups in total. The van der Waals surface area contributed by atoms with Crippen molar-refractivity contribution in [1.82, 2.24) is 29.9 Å². The Morgan fingerprint density at radius 1 is 1.00 bits per heavy atom. The first-order chi connectivity index (χ1) is 19.7. The second-order valence-electron chi connectivity index (χ2n) is 10.1. The Morgan fingerprint density at radius 3 is 2.39 bits per heavy atom. The van der Waals surface area contributed by atoms with E-state index in [9.17, 15) is 18.0 Å². The van der Waals surface area contributed by atoms with Crippen molar-refractivity contribution in [1.29, 1.82) is 0 Å². The van der Waals surface area contributed by atoms with Crippen molar-refractivity contribution < 1.29 is 18.0 Å². The van der Waals surface area contributed by atoms with Gasteiger partial charge >= 0.3 is 0 Å². The molecule has 0 spiro atoms. The summed E-state index contributed by atoms with van der Waals surface area (Å²) in [5, 5.41) is 6.67. The fourth-order valence-corrected chi connectivity index (χ4v) is 6.08. The molecule has 11 nitrogen and oxygen atoms in total. The molecular weight excluding hydrogens is 542 g/mol. The van der Waals surface area contributed by atoms with Crippen LogP contribution >= 0.6 is 0 Å². The van der Waals surface area contributed by atoms with Crippen molar-refractivity contribution in [3.63, 3.8) is 0 Å². The summed E-state index contributed by atoms with van der Waals surface area (Å²) in [6.45, 7) is 5.06. The van der Waals surface area contributed by atoms with Crippen LogP contribution < -0.4 is 15.4 Å². The van der Waals surface area contributed by atoms with Gasteiger partial charge in [-0.25, -0.2) is 23.1 Å². The number of anilines is 1. The van der Waals surface area contributed by atoms with Gasteiger partial charge in [0.25, 0.3) is 5.91 Å². The minimum Gasteiger partial charge on any atom is -0.368 e. The minimum atomic E-state index is -3.64. The third-order valence-corrected chi connectivity index (χ3v) is 8.51. The smallest absolute Gasteiger partial charge is 0.270 e. The molecule has 0 atom stereocenters. The van der Waals surface area contributed by atoms with E-state index >= 15 is 0 Å². The number of aryl methyl sites for hydroxylation is 1. The molecule has 0 bridgehead atoms. The van der Waals surface area contributed by atoms with E-state index in [1.165, 1.54) is 6.92 Å². The van der Waals surface area contributed by atoms with E-state index in [-0.39, 0.29) is 22.8 Å². The molecule has 1 aliphatic heterocycles. The van der Waals surface area contributed by atoms with Crippen molar-refractivity contribution in [2.75, 3.05) is 31.5 Å². The minimum absolute atomic E-state index is 0.120. The zero-order valence-corrected chi connectivity index (χ0v) is 23.8. The molecule has 2 aromatic heterocycles. The Balaban J connectivity index is 1.30. The summed E-state index contributed by atoms with van der Waals surface area (Å²) in [4.78, 5) is 39.2. The number of piperidine rings is 1. The van der Waals surface area contributed by atoms with Crippen LogP contribution in [-0.2, 0) is 14.8 Å². The van der Waals surface area contributed by atoms with E-state index in [1.54, 1.807) is 35.2 Å². The lowest BCUT2D eigenvalue weighted by atomic mass is 10.1. The average molecular weight is 576 g/mol. The molecule has 2 amide bonds. The number of benzene rings is 2.